The van der Waals surface area contributed by atoms with E-state index in [0.29, 0.717) is 23.7 Å². The second-order valence-electron chi connectivity index (χ2n) is 6.87. The highest BCUT2D eigenvalue weighted by Crippen LogP contribution is 2.33. The number of carbonyl (C=O) groups is 4. The zero-order valence-electron chi connectivity index (χ0n) is 17.1. The van der Waals surface area contributed by atoms with E-state index in [0.717, 1.165) is 4.88 Å². The van der Waals surface area contributed by atoms with E-state index >= 15 is 0 Å². The Balaban J connectivity index is 2.13. The monoisotopic (exact) mass is 425 g/mol. The number of anilines is 1. The molecular weight excluding hydrogens is 398 g/mol. The molecule has 2 amide bonds. The van der Waals surface area contributed by atoms with Gasteiger partial charge in [-0.25, -0.2) is 4.79 Å². The number of methoxy groups -OCH3 is 1. The van der Waals surface area contributed by atoms with Crippen LogP contribution in [0.25, 0.3) is 0 Å². The summed E-state index contributed by atoms with van der Waals surface area (Å²) in [7, 11) is 1.25. The van der Waals surface area contributed by atoms with Gasteiger partial charge in [0.2, 0.25) is 11.8 Å². The second kappa shape index (κ2) is 10.4. The van der Waals surface area contributed by atoms with Crippen molar-refractivity contribution >= 4 is 40.1 Å². The molecule has 2 N–H and O–H groups in total. The molecule has 1 fully saturated rings. The van der Waals surface area contributed by atoms with Gasteiger partial charge in [-0.1, -0.05) is 13.8 Å². The summed E-state index contributed by atoms with van der Waals surface area (Å²) in [6.07, 6.45) is -0.139. The van der Waals surface area contributed by atoms with Gasteiger partial charge in [0.05, 0.1) is 32.2 Å². The number of amides is 2. The van der Waals surface area contributed by atoms with Crippen molar-refractivity contribution in [3.63, 3.8) is 0 Å². The van der Waals surface area contributed by atoms with Gasteiger partial charge in [-0.3, -0.25) is 19.3 Å². The summed E-state index contributed by atoms with van der Waals surface area (Å²) in [6, 6.07) is 0.957. The van der Waals surface area contributed by atoms with Gasteiger partial charge in [-0.2, -0.15) is 0 Å². The Kier molecular flexibility index (Phi) is 8.15. The first-order chi connectivity index (χ1) is 13.8. The van der Waals surface area contributed by atoms with Crippen molar-refractivity contribution in [2.45, 2.75) is 39.2 Å². The predicted molar refractivity (Wildman–Crippen MR) is 108 cm³/mol. The van der Waals surface area contributed by atoms with Gasteiger partial charge in [0.1, 0.15) is 11.0 Å². The van der Waals surface area contributed by atoms with Crippen LogP contribution in [-0.2, 0) is 23.9 Å². The average molecular weight is 426 g/mol. The van der Waals surface area contributed by atoms with Crippen LogP contribution in [0.4, 0.5) is 5.00 Å². The Labute approximate surface area is 173 Å². The molecule has 29 heavy (non-hydrogen) atoms. The lowest BCUT2D eigenvalue weighted by Gasteiger charge is -2.33. The second-order valence-corrected chi connectivity index (χ2v) is 7.96. The molecule has 10 heteroatoms. The van der Waals surface area contributed by atoms with Gasteiger partial charge in [-0.15, -0.1) is 11.3 Å². The third-order valence-corrected chi connectivity index (χ3v) is 5.80. The maximum Gasteiger partial charge on any atom is 0.341 e. The zero-order chi connectivity index (χ0) is 21.6. The average Bonchev–Trinajstić information content (AvgIpc) is 3.08. The summed E-state index contributed by atoms with van der Waals surface area (Å²) in [5, 5.41) is 5.87. The van der Waals surface area contributed by atoms with E-state index in [-0.39, 0.29) is 37.3 Å². The maximum atomic E-state index is 12.7. The molecule has 2 rings (SSSR count). The third-order valence-electron chi connectivity index (χ3n) is 4.44. The minimum Gasteiger partial charge on any atom is -0.469 e. The van der Waals surface area contributed by atoms with Crippen LogP contribution in [0.1, 0.15) is 48.3 Å². The minimum atomic E-state index is -0.777. The van der Waals surface area contributed by atoms with E-state index in [2.05, 4.69) is 15.4 Å². The van der Waals surface area contributed by atoms with Crippen molar-refractivity contribution in [1.29, 1.82) is 0 Å². The smallest absolute Gasteiger partial charge is 0.341 e. The number of ether oxygens (including phenoxy) is 2. The fourth-order valence-electron chi connectivity index (χ4n) is 2.91. The van der Waals surface area contributed by atoms with Crippen LogP contribution in [-0.4, -0.2) is 68.0 Å². The molecule has 0 unspecified atom stereocenters. The molecule has 9 nitrogen and oxygen atoms in total. The first-order valence-electron chi connectivity index (χ1n) is 9.46. The van der Waals surface area contributed by atoms with Crippen LogP contribution in [0.3, 0.4) is 0 Å². The Morgan fingerprint density at radius 2 is 2.10 bits per heavy atom. The largest absolute Gasteiger partial charge is 0.469 e. The van der Waals surface area contributed by atoms with Crippen molar-refractivity contribution in [3.05, 3.63) is 16.5 Å². The Morgan fingerprint density at radius 1 is 1.38 bits per heavy atom. The van der Waals surface area contributed by atoms with Gasteiger partial charge in [0.25, 0.3) is 0 Å². The number of hydrogen-bond acceptors (Lipinski definition) is 8. The highest BCUT2D eigenvalue weighted by atomic mass is 32.1. The molecule has 1 aliphatic rings. The molecule has 1 atom stereocenters. The first-order valence-corrected chi connectivity index (χ1v) is 10.3. The van der Waals surface area contributed by atoms with Gasteiger partial charge < -0.3 is 20.1 Å². The highest BCUT2D eigenvalue weighted by molar-refractivity contribution is 7.16. The number of hydrogen-bond donors (Lipinski definition) is 2. The molecule has 0 radical (unpaired) electrons. The fourth-order valence-corrected chi connectivity index (χ4v) is 3.98. The maximum absolute atomic E-state index is 12.7. The molecule has 1 aliphatic heterocycles. The molecule has 160 valence electrons. The van der Waals surface area contributed by atoms with Gasteiger partial charge >= 0.3 is 11.9 Å². The molecule has 0 saturated carbocycles. The molecular formula is C19H27N3O6S. The number of carbonyl (C=O) groups excluding carboxylic acids is 4. The molecule has 1 saturated heterocycles. The van der Waals surface area contributed by atoms with Crippen LogP contribution in [0.5, 0.6) is 0 Å². The van der Waals surface area contributed by atoms with E-state index in [1.54, 1.807) is 17.9 Å². The molecule has 0 aromatic carbocycles. The van der Waals surface area contributed by atoms with E-state index in [4.69, 9.17) is 4.74 Å². The summed E-state index contributed by atoms with van der Waals surface area (Å²) in [5.41, 5.74) is 0.316. The van der Waals surface area contributed by atoms with Crippen LogP contribution >= 0.6 is 11.3 Å². The number of nitrogens with zero attached hydrogens (tertiary/aromatic N) is 1. The molecule has 1 aromatic heterocycles. The number of rotatable bonds is 8. The molecule has 1 aromatic rings. The Morgan fingerprint density at radius 3 is 2.72 bits per heavy atom. The van der Waals surface area contributed by atoms with E-state index in [1.165, 1.54) is 18.4 Å². The third kappa shape index (κ3) is 6.01. The van der Waals surface area contributed by atoms with Gasteiger partial charge in [-0.05, 0) is 18.9 Å². The molecule has 0 bridgehead atoms. The number of piperazine rings is 1. The van der Waals surface area contributed by atoms with E-state index < -0.39 is 18.0 Å². The Hall–Kier alpha value is -2.46. The van der Waals surface area contributed by atoms with Crippen LogP contribution < -0.4 is 10.6 Å². The normalized spacial score (nSPS) is 17.0. The summed E-state index contributed by atoms with van der Waals surface area (Å²) < 4.78 is 9.73. The van der Waals surface area contributed by atoms with E-state index in [1.807, 2.05) is 13.8 Å². The number of thiophene rings is 1. The highest BCUT2D eigenvalue weighted by Gasteiger charge is 2.33. The molecule has 2 heterocycles. The lowest BCUT2D eigenvalue weighted by atomic mass is 10.1. The van der Waals surface area contributed by atoms with E-state index in [9.17, 15) is 19.2 Å². The summed E-state index contributed by atoms with van der Waals surface area (Å²) in [6.45, 7) is 6.66. The fraction of sp³-hybridized carbons (Fsp3) is 0.579. The number of esters is 2. The topological polar surface area (TPSA) is 114 Å². The van der Waals surface area contributed by atoms with Gasteiger partial charge in [0.15, 0.2) is 0 Å². The molecule has 0 spiro atoms. The van der Waals surface area contributed by atoms with Crippen molar-refractivity contribution in [1.82, 2.24) is 10.2 Å². The van der Waals surface area contributed by atoms with Crippen molar-refractivity contribution in [2.75, 3.05) is 38.7 Å². The lowest BCUT2D eigenvalue weighted by Crippen LogP contribution is -2.57. The lowest BCUT2D eigenvalue weighted by molar-refractivity contribution is -0.146. The molecule has 0 aliphatic carbocycles. The zero-order valence-corrected chi connectivity index (χ0v) is 17.9. The predicted octanol–water partition coefficient (Wildman–Crippen LogP) is 1.35. The summed E-state index contributed by atoms with van der Waals surface area (Å²) in [4.78, 5) is 51.2. The van der Waals surface area contributed by atoms with Crippen molar-refractivity contribution in [3.8, 4) is 0 Å². The van der Waals surface area contributed by atoms with Crippen LogP contribution in [0.2, 0.25) is 0 Å². The van der Waals surface area contributed by atoms with Crippen molar-refractivity contribution in [2.24, 2.45) is 0 Å². The quantitative estimate of drug-likeness (QED) is 0.604. The van der Waals surface area contributed by atoms with Crippen LogP contribution in [0.15, 0.2) is 6.07 Å². The number of nitrogens with one attached hydrogen (secondary N) is 2. The van der Waals surface area contributed by atoms with Crippen LogP contribution in [0, 0.1) is 0 Å². The summed E-state index contributed by atoms with van der Waals surface area (Å²) >= 11 is 1.32. The SMILES string of the molecule is CCOC(=O)c1cc(C(C)C)sc1NC(=O)CN1CCNC(=O)[C@@H]1CC(=O)OC. The minimum absolute atomic E-state index is 0.0910. The Bertz CT molecular complexity index is 776. The first kappa shape index (κ1) is 22.8. The standard InChI is InChI=1S/C19H27N3O6S/c1-5-28-19(26)12-8-14(11(2)3)29-18(12)21-15(23)10-22-7-6-20-17(25)13(22)9-16(24)27-4/h8,11,13H,5-7,9-10H2,1-4H3,(H,20,25)(H,21,23)/t13-/m0/s1. The van der Waals surface area contributed by atoms with Crippen molar-refractivity contribution < 1.29 is 28.7 Å². The summed E-state index contributed by atoms with van der Waals surface area (Å²) in [5.74, 6) is -1.53. The van der Waals surface area contributed by atoms with Gasteiger partial charge in [0, 0.05) is 18.0 Å².